The number of carbonyl (C=O) groups excluding carboxylic acids is 3. The molecule has 1 heterocycles. The van der Waals surface area contributed by atoms with Crippen molar-refractivity contribution in [2.45, 2.75) is 13.0 Å². The molecule has 1 aliphatic rings. The Hall–Kier alpha value is -1.89. The second-order valence-electron chi connectivity index (χ2n) is 4.35. The fourth-order valence-corrected chi connectivity index (χ4v) is 2.01. The van der Waals surface area contributed by atoms with Crippen molar-refractivity contribution in [1.82, 2.24) is 15.1 Å². The quantitative estimate of drug-likeness (QED) is 0.656. The Balaban J connectivity index is 2.74. The fraction of sp³-hybridized carbons (Fsp3) is 0.615. The first-order valence-electron chi connectivity index (χ1n) is 6.55. The molecule has 1 fully saturated rings. The van der Waals surface area contributed by atoms with Crippen LogP contribution < -0.4 is 5.32 Å². The number of amides is 3. The number of rotatable bonds is 5. The summed E-state index contributed by atoms with van der Waals surface area (Å²) in [5.74, 6) is -0.833. The van der Waals surface area contributed by atoms with Gasteiger partial charge in [0.15, 0.2) is 0 Å². The van der Waals surface area contributed by atoms with Crippen LogP contribution in [0, 0.1) is 0 Å². The third-order valence-corrected chi connectivity index (χ3v) is 3.19. The largest absolute Gasteiger partial charge is 0.377 e. The van der Waals surface area contributed by atoms with Gasteiger partial charge in [0.25, 0.3) is 0 Å². The van der Waals surface area contributed by atoms with Gasteiger partial charge < -0.3 is 19.9 Å². The standard InChI is InChI=1S/C13H21N3O4/c1-4-11(17)15(5-2)8-12(18)16-6-7-20-9-10(16)13(19)14-3/h4,10H,1,5-9H2,2-3H3,(H,14,19). The van der Waals surface area contributed by atoms with Gasteiger partial charge in [0, 0.05) is 20.1 Å². The smallest absolute Gasteiger partial charge is 0.246 e. The molecular formula is C13H21N3O4. The van der Waals surface area contributed by atoms with Gasteiger partial charge in [0.2, 0.25) is 17.7 Å². The van der Waals surface area contributed by atoms with Crippen LogP contribution in [0.2, 0.25) is 0 Å². The van der Waals surface area contributed by atoms with Crippen molar-refractivity contribution in [1.29, 1.82) is 0 Å². The van der Waals surface area contributed by atoms with Crippen molar-refractivity contribution in [3.8, 4) is 0 Å². The van der Waals surface area contributed by atoms with E-state index in [2.05, 4.69) is 11.9 Å². The van der Waals surface area contributed by atoms with Crippen LogP contribution in [0.25, 0.3) is 0 Å². The van der Waals surface area contributed by atoms with Gasteiger partial charge in [-0.05, 0) is 13.0 Å². The highest BCUT2D eigenvalue weighted by atomic mass is 16.5. The maximum Gasteiger partial charge on any atom is 0.246 e. The van der Waals surface area contributed by atoms with E-state index in [0.29, 0.717) is 19.7 Å². The predicted octanol–water partition coefficient (Wildman–Crippen LogP) is -1.01. The summed E-state index contributed by atoms with van der Waals surface area (Å²) in [4.78, 5) is 38.4. The van der Waals surface area contributed by atoms with Crippen LogP contribution in [0.15, 0.2) is 12.7 Å². The molecule has 1 unspecified atom stereocenters. The van der Waals surface area contributed by atoms with Gasteiger partial charge in [-0.15, -0.1) is 0 Å². The molecule has 7 heteroatoms. The lowest BCUT2D eigenvalue weighted by atomic mass is 10.2. The molecule has 20 heavy (non-hydrogen) atoms. The molecule has 0 aromatic heterocycles. The summed E-state index contributed by atoms with van der Waals surface area (Å²) in [5.41, 5.74) is 0. The Kier molecular flexibility index (Phi) is 6.17. The van der Waals surface area contributed by atoms with E-state index in [0.717, 1.165) is 0 Å². The fourth-order valence-electron chi connectivity index (χ4n) is 2.01. The van der Waals surface area contributed by atoms with Gasteiger partial charge in [0.05, 0.1) is 13.2 Å². The molecule has 0 aromatic carbocycles. The maximum atomic E-state index is 12.3. The SMILES string of the molecule is C=CC(=O)N(CC)CC(=O)N1CCOCC1C(=O)NC. The van der Waals surface area contributed by atoms with Gasteiger partial charge in [-0.25, -0.2) is 0 Å². The lowest BCUT2D eigenvalue weighted by Gasteiger charge is -2.35. The van der Waals surface area contributed by atoms with Crippen LogP contribution in [0.3, 0.4) is 0 Å². The number of likely N-dealkylation sites (N-methyl/N-ethyl adjacent to an activating group) is 2. The predicted molar refractivity (Wildman–Crippen MR) is 72.8 cm³/mol. The average molecular weight is 283 g/mol. The third kappa shape index (κ3) is 3.80. The summed E-state index contributed by atoms with van der Waals surface area (Å²) in [6.45, 7) is 6.44. The molecule has 112 valence electrons. The Morgan fingerprint density at radius 2 is 2.20 bits per heavy atom. The number of carbonyl (C=O) groups is 3. The van der Waals surface area contributed by atoms with Crippen LogP contribution in [0.1, 0.15) is 6.92 Å². The first-order valence-corrected chi connectivity index (χ1v) is 6.55. The van der Waals surface area contributed by atoms with E-state index < -0.39 is 6.04 Å². The molecule has 0 aromatic rings. The van der Waals surface area contributed by atoms with Crippen molar-refractivity contribution < 1.29 is 19.1 Å². The molecule has 0 spiro atoms. The molecular weight excluding hydrogens is 262 g/mol. The van der Waals surface area contributed by atoms with Crippen molar-refractivity contribution in [2.75, 3.05) is 39.9 Å². The van der Waals surface area contributed by atoms with E-state index in [1.165, 1.54) is 22.9 Å². The Labute approximate surface area is 118 Å². The number of hydrogen-bond donors (Lipinski definition) is 1. The van der Waals surface area contributed by atoms with Gasteiger partial charge >= 0.3 is 0 Å². The summed E-state index contributed by atoms with van der Waals surface area (Å²) in [6, 6.07) is -0.640. The number of hydrogen-bond acceptors (Lipinski definition) is 4. The lowest BCUT2D eigenvalue weighted by Crippen LogP contribution is -2.57. The Morgan fingerprint density at radius 3 is 2.75 bits per heavy atom. The molecule has 0 bridgehead atoms. The molecule has 3 amide bonds. The van der Waals surface area contributed by atoms with E-state index in [9.17, 15) is 14.4 Å². The minimum Gasteiger partial charge on any atom is -0.377 e. The zero-order valence-corrected chi connectivity index (χ0v) is 11.9. The molecule has 1 rings (SSSR count). The minimum absolute atomic E-state index is 0.0607. The summed E-state index contributed by atoms with van der Waals surface area (Å²) >= 11 is 0. The van der Waals surface area contributed by atoms with Crippen molar-refractivity contribution in [3.05, 3.63) is 12.7 Å². The molecule has 0 aliphatic carbocycles. The maximum absolute atomic E-state index is 12.3. The monoisotopic (exact) mass is 283 g/mol. The molecule has 1 N–H and O–H groups in total. The summed E-state index contributed by atoms with van der Waals surface area (Å²) < 4.78 is 5.23. The second kappa shape index (κ2) is 7.64. The molecule has 0 saturated carbocycles. The molecule has 1 saturated heterocycles. The first-order chi connectivity index (χ1) is 9.54. The summed E-state index contributed by atoms with van der Waals surface area (Å²) in [6.07, 6.45) is 1.17. The second-order valence-corrected chi connectivity index (χ2v) is 4.35. The van der Waals surface area contributed by atoms with E-state index in [1.807, 2.05) is 0 Å². The molecule has 1 atom stereocenters. The number of nitrogens with zero attached hydrogens (tertiary/aromatic N) is 2. The van der Waals surface area contributed by atoms with Crippen LogP contribution in [0.5, 0.6) is 0 Å². The highest BCUT2D eigenvalue weighted by Crippen LogP contribution is 2.08. The number of nitrogens with one attached hydrogen (secondary N) is 1. The molecule has 1 aliphatic heterocycles. The van der Waals surface area contributed by atoms with Crippen molar-refractivity contribution in [3.63, 3.8) is 0 Å². The normalized spacial score (nSPS) is 18.3. The Bertz CT molecular complexity index is 397. The zero-order valence-electron chi connectivity index (χ0n) is 11.9. The van der Waals surface area contributed by atoms with Gasteiger partial charge in [-0.3, -0.25) is 14.4 Å². The molecule has 7 nitrogen and oxygen atoms in total. The van der Waals surface area contributed by atoms with Gasteiger partial charge in [0.1, 0.15) is 12.6 Å². The third-order valence-electron chi connectivity index (χ3n) is 3.19. The highest BCUT2D eigenvalue weighted by molar-refractivity contribution is 5.93. The minimum atomic E-state index is -0.640. The van der Waals surface area contributed by atoms with E-state index >= 15 is 0 Å². The van der Waals surface area contributed by atoms with Crippen LogP contribution in [-0.4, -0.2) is 73.5 Å². The Morgan fingerprint density at radius 1 is 1.50 bits per heavy atom. The van der Waals surface area contributed by atoms with Crippen LogP contribution in [-0.2, 0) is 19.1 Å². The van der Waals surface area contributed by atoms with Gasteiger partial charge in [-0.1, -0.05) is 6.58 Å². The van der Waals surface area contributed by atoms with Crippen molar-refractivity contribution >= 4 is 17.7 Å². The van der Waals surface area contributed by atoms with Crippen LogP contribution in [0.4, 0.5) is 0 Å². The van der Waals surface area contributed by atoms with E-state index in [-0.39, 0.29) is 30.9 Å². The average Bonchev–Trinajstić information content (AvgIpc) is 2.50. The van der Waals surface area contributed by atoms with Crippen LogP contribution >= 0.6 is 0 Å². The highest BCUT2D eigenvalue weighted by Gasteiger charge is 2.33. The molecule has 0 radical (unpaired) electrons. The zero-order chi connectivity index (χ0) is 15.1. The number of morpholine rings is 1. The first kappa shape index (κ1) is 16.2. The van der Waals surface area contributed by atoms with Crippen molar-refractivity contribution in [2.24, 2.45) is 0 Å². The lowest BCUT2D eigenvalue weighted by molar-refractivity contribution is -0.150. The van der Waals surface area contributed by atoms with E-state index in [1.54, 1.807) is 6.92 Å². The van der Waals surface area contributed by atoms with E-state index in [4.69, 9.17) is 4.74 Å². The topological polar surface area (TPSA) is 79.0 Å². The van der Waals surface area contributed by atoms with Gasteiger partial charge in [-0.2, -0.15) is 0 Å². The summed E-state index contributed by atoms with van der Waals surface area (Å²) in [7, 11) is 1.51. The summed E-state index contributed by atoms with van der Waals surface area (Å²) in [5, 5.41) is 2.51. The number of ether oxygens (including phenoxy) is 1.